The molecular weight excluding hydrogens is 298 g/mol. The number of imidazole rings is 1. The van der Waals surface area contributed by atoms with Crippen LogP contribution in [0.3, 0.4) is 0 Å². The maximum Gasteiger partial charge on any atom is 0.145 e. The molecule has 4 nitrogen and oxygen atoms in total. The van der Waals surface area contributed by atoms with Crippen LogP contribution in [0.25, 0.3) is 27.3 Å². The summed E-state index contributed by atoms with van der Waals surface area (Å²) in [6.07, 6.45) is 6.95. The van der Waals surface area contributed by atoms with E-state index in [2.05, 4.69) is 56.7 Å². The zero-order chi connectivity index (χ0) is 16.1. The maximum atomic E-state index is 11.4. The van der Waals surface area contributed by atoms with Crippen molar-refractivity contribution in [1.29, 1.82) is 0 Å². The Hall–Kier alpha value is -2.88. The lowest BCUT2D eigenvalue weighted by Gasteiger charge is -2.23. The highest BCUT2D eigenvalue weighted by molar-refractivity contribution is 6.12. The third-order valence-corrected chi connectivity index (χ3v) is 5.13. The number of rotatable bonds is 2. The van der Waals surface area contributed by atoms with E-state index in [9.17, 15) is 4.79 Å². The number of aromatic nitrogens is 2. The fourth-order valence-corrected chi connectivity index (χ4v) is 3.99. The molecule has 0 aliphatic carbocycles. The van der Waals surface area contributed by atoms with Gasteiger partial charge in [0, 0.05) is 35.4 Å². The highest BCUT2D eigenvalue weighted by Crippen LogP contribution is 2.33. The first kappa shape index (κ1) is 13.5. The van der Waals surface area contributed by atoms with Crippen LogP contribution in [0.2, 0.25) is 0 Å². The van der Waals surface area contributed by atoms with Crippen molar-refractivity contribution in [3.05, 3.63) is 54.9 Å². The van der Waals surface area contributed by atoms with Crippen molar-refractivity contribution < 1.29 is 4.79 Å². The van der Waals surface area contributed by atoms with Crippen molar-refractivity contribution >= 4 is 39.3 Å². The van der Waals surface area contributed by atoms with Gasteiger partial charge in [0.15, 0.2) is 0 Å². The first-order valence-corrected chi connectivity index (χ1v) is 8.36. The normalized spacial score (nSPS) is 18.0. The summed E-state index contributed by atoms with van der Waals surface area (Å²) in [5.74, 6) is 0. The molecule has 0 unspecified atom stereocenters. The number of benzene rings is 2. The molecule has 0 saturated carbocycles. The molecule has 1 fully saturated rings. The number of carbonyl (C=O) groups excluding carboxylic acids is 1. The van der Waals surface area contributed by atoms with Crippen molar-refractivity contribution in [2.75, 3.05) is 11.4 Å². The lowest BCUT2D eigenvalue weighted by Crippen LogP contribution is -2.30. The van der Waals surface area contributed by atoms with Crippen LogP contribution in [-0.2, 0) is 4.79 Å². The zero-order valence-corrected chi connectivity index (χ0v) is 13.2. The average molecular weight is 315 g/mol. The van der Waals surface area contributed by atoms with E-state index >= 15 is 0 Å². The fraction of sp³-hybridized carbons (Fsp3) is 0.200. The number of aldehydes is 1. The summed E-state index contributed by atoms with van der Waals surface area (Å²) in [6, 6.07) is 14.9. The van der Waals surface area contributed by atoms with Crippen LogP contribution < -0.4 is 4.90 Å². The van der Waals surface area contributed by atoms with Gasteiger partial charge in [-0.15, -0.1) is 0 Å². The number of fused-ring (bicyclic) bond motifs is 6. The van der Waals surface area contributed by atoms with Crippen LogP contribution in [0.15, 0.2) is 54.9 Å². The van der Waals surface area contributed by atoms with Gasteiger partial charge in [-0.1, -0.05) is 24.3 Å². The van der Waals surface area contributed by atoms with Gasteiger partial charge in [-0.05, 0) is 36.4 Å². The van der Waals surface area contributed by atoms with E-state index in [-0.39, 0.29) is 6.04 Å². The molecule has 1 aliphatic rings. The van der Waals surface area contributed by atoms with Crippen LogP contribution in [0.5, 0.6) is 0 Å². The van der Waals surface area contributed by atoms with Gasteiger partial charge in [0.05, 0.1) is 11.6 Å². The van der Waals surface area contributed by atoms with Gasteiger partial charge in [-0.2, -0.15) is 0 Å². The molecule has 0 amide bonds. The number of pyridine rings is 1. The van der Waals surface area contributed by atoms with E-state index < -0.39 is 0 Å². The van der Waals surface area contributed by atoms with Crippen LogP contribution in [-0.4, -0.2) is 28.3 Å². The predicted molar refractivity (Wildman–Crippen MR) is 96.6 cm³/mol. The van der Waals surface area contributed by atoms with Gasteiger partial charge in [0.25, 0.3) is 0 Å². The molecule has 1 aliphatic heterocycles. The molecule has 118 valence electrons. The summed E-state index contributed by atoms with van der Waals surface area (Å²) < 4.78 is 2.14. The molecule has 4 heteroatoms. The van der Waals surface area contributed by atoms with E-state index in [1.807, 2.05) is 12.4 Å². The van der Waals surface area contributed by atoms with E-state index in [4.69, 9.17) is 0 Å². The third-order valence-electron chi connectivity index (χ3n) is 5.13. The molecular formula is C20H17N3O. The second kappa shape index (κ2) is 5.06. The number of carbonyl (C=O) groups is 1. The highest BCUT2D eigenvalue weighted by Gasteiger charge is 2.24. The van der Waals surface area contributed by atoms with Crippen molar-refractivity contribution in [3.63, 3.8) is 0 Å². The number of hydrogen-bond acceptors (Lipinski definition) is 3. The number of hydrogen-bond donors (Lipinski definition) is 0. The molecule has 0 bridgehead atoms. The minimum atomic E-state index is 0.00527. The van der Waals surface area contributed by atoms with Gasteiger partial charge in [0.1, 0.15) is 11.9 Å². The largest absolute Gasteiger partial charge is 0.362 e. The second-order valence-electron chi connectivity index (χ2n) is 6.41. The Bertz CT molecular complexity index is 1080. The number of nitrogens with zero attached hydrogens (tertiary/aromatic N) is 3. The van der Waals surface area contributed by atoms with Crippen molar-refractivity contribution in [1.82, 2.24) is 9.38 Å². The summed E-state index contributed by atoms with van der Waals surface area (Å²) in [5, 5.41) is 3.56. The van der Waals surface area contributed by atoms with Gasteiger partial charge in [-0.3, -0.25) is 4.40 Å². The van der Waals surface area contributed by atoms with E-state index in [1.54, 1.807) is 0 Å². The smallest absolute Gasteiger partial charge is 0.145 e. The minimum absolute atomic E-state index is 0.00527. The summed E-state index contributed by atoms with van der Waals surface area (Å²) in [6.45, 7) is 0.945. The number of anilines is 1. The van der Waals surface area contributed by atoms with Crippen LogP contribution >= 0.6 is 0 Å². The Balaban J connectivity index is 1.84. The predicted octanol–water partition coefficient (Wildman–Crippen LogP) is 3.81. The molecule has 1 atom stereocenters. The topological polar surface area (TPSA) is 37.6 Å². The second-order valence-corrected chi connectivity index (χ2v) is 6.41. The molecule has 0 N–H and O–H groups in total. The van der Waals surface area contributed by atoms with E-state index in [0.717, 1.165) is 47.9 Å². The Kier molecular flexibility index (Phi) is 2.86. The molecule has 4 aromatic rings. The van der Waals surface area contributed by atoms with Gasteiger partial charge in [0.2, 0.25) is 0 Å². The van der Waals surface area contributed by atoms with E-state index in [1.165, 1.54) is 10.8 Å². The van der Waals surface area contributed by atoms with Gasteiger partial charge in [-0.25, -0.2) is 4.98 Å². The quantitative estimate of drug-likeness (QED) is 0.417. The Labute approximate surface area is 139 Å². The van der Waals surface area contributed by atoms with Crippen molar-refractivity contribution in [3.8, 4) is 0 Å². The molecule has 2 aromatic heterocycles. The first-order chi connectivity index (χ1) is 11.9. The average Bonchev–Trinajstić information content (AvgIpc) is 3.30. The third kappa shape index (κ3) is 1.80. The molecule has 0 radical (unpaired) electrons. The fourth-order valence-electron chi connectivity index (χ4n) is 3.99. The molecule has 24 heavy (non-hydrogen) atoms. The molecule has 3 heterocycles. The van der Waals surface area contributed by atoms with Crippen molar-refractivity contribution in [2.45, 2.75) is 18.9 Å². The zero-order valence-electron chi connectivity index (χ0n) is 13.2. The Morgan fingerprint density at radius 1 is 1.08 bits per heavy atom. The SMILES string of the molecule is O=C[C@@H]1CCCN1c1ccc2c(c1)c1ccccc1c1nccn21. The molecule has 1 saturated heterocycles. The summed E-state index contributed by atoms with van der Waals surface area (Å²) in [5.41, 5.74) is 3.26. The lowest BCUT2D eigenvalue weighted by molar-refractivity contribution is -0.108. The van der Waals surface area contributed by atoms with Crippen LogP contribution in [0, 0.1) is 0 Å². The first-order valence-electron chi connectivity index (χ1n) is 8.36. The summed E-state index contributed by atoms with van der Waals surface area (Å²) in [4.78, 5) is 18.1. The minimum Gasteiger partial charge on any atom is -0.362 e. The Morgan fingerprint density at radius 3 is 2.83 bits per heavy atom. The molecule has 2 aromatic carbocycles. The standard InChI is InChI=1S/C20H17N3O/c24-13-15-4-3-10-22(15)14-7-8-19-18(12-14)16-5-1-2-6-17(16)20-21-9-11-23(19)20/h1-2,5-9,11-13,15H,3-4,10H2/t15-/m0/s1. The molecule has 0 spiro atoms. The lowest BCUT2D eigenvalue weighted by atomic mass is 10.0. The summed E-state index contributed by atoms with van der Waals surface area (Å²) in [7, 11) is 0. The van der Waals surface area contributed by atoms with Crippen LogP contribution in [0.4, 0.5) is 5.69 Å². The van der Waals surface area contributed by atoms with E-state index in [0.29, 0.717) is 0 Å². The Morgan fingerprint density at radius 2 is 1.96 bits per heavy atom. The van der Waals surface area contributed by atoms with Crippen molar-refractivity contribution in [2.24, 2.45) is 0 Å². The van der Waals surface area contributed by atoms with Gasteiger partial charge < -0.3 is 9.69 Å². The monoisotopic (exact) mass is 315 g/mol. The summed E-state index contributed by atoms with van der Waals surface area (Å²) >= 11 is 0. The molecule has 5 rings (SSSR count). The van der Waals surface area contributed by atoms with Gasteiger partial charge >= 0.3 is 0 Å². The maximum absolute atomic E-state index is 11.4. The van der Waals surface area contributed by atoms with Crippen LogP contribution in [0.1, 0.15) is 12.8 Å². The highest BCUT2D eigenvalue weighted by atomic mass is 16.1.